The first-order chi connectivity index (χ1) is 15.0. The number of nitrogens with zero attached hydrogens (tertiary/aromatic N) is 2. The van der Waals surface area contributed by atoms with Gasteiger partial charge in [-0.3, -0.25) is 4.79 Å². The van der Waals surface area contributed by atoms with E-state index in [2.05, 4.69) is 0 Å². The topological polar surface area (TPSA) is 76.2 Å². The van der Waals surface area contributed by atoms with Gasteiger partial charge < -0.3 is 14.4 Å². The molecule has 0 aromatic heterocycles. The predicted molar refractivity (Wildman–Crippen MR) is 120 cm³/mol. The third kappa shape index (κ3) is 5.65. The standard InChI is InChI=1S/C23H28N2O5S/c1-3-29-21-12-10-19(18-22(21)30-4-2)11-13-23(26)24-14-16-25(17-15-24)31(27,28)20-8-6-5-7-9-20/h5-13,18H,3-4,14-17H2,1-2H3/b13-11+. The van der Waals surface area contributed by atoms with Crippen LogP contribution in [0.2, 0.25) is 0 Å². The summed E-state index contributed by atoms with van der Waals surface area (Å²) in [7, 11) is -3.53. The van der Waals surface area contributed by atoms with Gasteiger partial charge in [0.15, 0.2) is 11.5 Å². The molecule has 2 aromatic rings. The van der Waals surface area contributed by atoms with Crippen molar-refractivity contribution in [1.82, 2.24) is 9.21 Å². The fraction of sp³-hybridized carbons (Fsp3) is 0.348. The van der Waals surface area contributed by atoms with Crippen molar-refractivity contribution in [2.75, 3.05) is 39.4 Å². The summed E-state index contributed by atoms with van der Waals surface area (Å²) >= 11 is 0. The molecule has 0 spiro atoms. The van der Waals surface area contributed by atoms with E-state index in [4.69, 9.17) is 9.47 Å². The first-order valence-electron chi connectivity index (χ1n) is 10.4. The van der Waals surface area contributed by atoms with Crippen molar-refractivity contribution < 1.29 is 22.7 Å². The number of carbonyl (C=O) groups excluding carboxylic acids is 1. The molecule has 1 fully saturated rings. The zero-order valence-electron chi connectivity index (χ0n) is 17.9. The highest BCUT2D eigenvalue weighted by molar-refractivity contribution is 7.89. The lowest BCUT2D eigenvalue weighted by molar-refractivity contribution is -0.127. The van der Waals surface area contributed by atoms with Gasteiger partial charge in [0.1, 0.15) is 0 Å². The molecular formula is C23H28N2O5S. The third-order valence-corrected chi connectivity index (χ3v) is 6.83. The molecule has 7 nitrogen and oxygen atoms in total. The fourth-order valence-electron chi connectivity index (χ4n) is 3.33. The molecule has 1 aliphatic heterocycles. The van der Waals surface area contributed by atoms with Crippen LogP contribution in [-0.4, -0.2) is 62.9 Å². The number of piperazine rings is 1. The maximum atomic E-state index is 12.7. The molecule has 0 radical (unpaired) electrons. The van der Waals surface area contributed by atoms with Gasteiger partial charge in [0.05, 0.1) is 18.1 Å². The quantitative estimate of drug-likeness (QED) is 0.585. The molecular weight excluding hydrogens is 416 g/mol. The number of hydrogen-bond acceptors (Lipinski definition) is 5. The highest BCUT2D eigenvalue weighted by Gasteiger charge is 2.29. The Hall–Kier alpha value is -2.84. The lowest BCUT2D eigenvalue weighted by Gasteiger charge is -2.33. The van der Waals surface area contributed by atoms with E-state index in [1.54, 1.807) is 41.3 Å². The average Bonchev–Trinajstić information content (AvgIpc) is 2.80. The molecule has 0 atom stereocenters. The van der Waals surface area contributed by atoms with Crippen molar-refractivity contribution >= 4 is 22.0 Å². The van der Waals surface area contributed by atoms with Gasteiger partial charge in [0.25, 0.3) is 0 Å². The lowest BCUT2D eigenvalue weighted by atomic mass is 10.2. The Morgan fingerprint density at radius 3 is 2.23 bits per heavy atom. The summed E-state index contributed by atoms with van der Waals surface area (Å²) in [5.41, 5.74) is 0.825. The Morgan fingerprint density at radius 2 is 1.58 bits per heavy atom. The van der Waals surface area contributed by atoms with Gasteiger partial charge in [0.2, 0.25) is 15.9 Å². The molecule has 0 bridgehead atoms. The Labute approximate surface area is 183 Å². The van der Waals surface area contributed by atoms with E-state index in [0.29, 0.717) is 37.8 Å². The second kappa shape index (κ2) is 10.5. The van der Waals surface area contributed by atoms with E-state index < -0.39 is 10.0 Å². The smallest absolute Gasteiger partial charge is 0.246 e. The van der Waals surface area contributed by atoms with Crippen LogP contribution in [0.25, 0.3) is 6.08 Å². The van der Waals surface area contributed by atoms with Gasteiger partial charge in [-0.2, -0.15) is 4.31 Å². The van der Waals surface area contributed by atoms with Crippen LogP contribution in [0.1, 0.15) is 19.4 Å². The van der Waals surface area contributed by atoms with E-state index in [9.17, 15) is 13.2 Å². The first-order valence-corrected chi connectivity index (χ1v) is 11.8. The summed E-state index contributed by atoms with van der Waals surface area (Å²) in [4.78, 5) is 14.5. The van der Waals surface area contributed by atoms with Crippen LogP contribution in [0.4, 0.5) is 0 Å². The average molecular weight is 445 g/mol. The summed E-state index contributed by atoms with van der Waals surface area (Å²) in [5, 5.41) is 0. The summed E-state index contributed by atoms with van der Waals surface area (Å²) < 4.78 is 38.0. The van der Waals surface area contributed by atoms with Crippen molar-refractivity contribution in [1.29, 1.82) is 0 Å². The van der Waals surface area contributed by atoms with Crippen LogP contribution < -0.4 is 9.47 Å². The van der Waals surface area contributed by atoms with Gasteiger partial charge in [-0.1, -0.05) is 24.3 Å². The molecule has 1 amide bonds. The monoisotopic (exact) mass is 444 g/mol. The SMILES string of the molecule is CCOc1ccc(/C=C/C(=O)N2CCN(S(=O)(=O)c3ccccc3)CC2)cc1OCC. The Morgan fingerprint density at radius 1 is 0.935 bits per heavy atom. The number of rotatable bonds is 8. The normalized spacial score (nSPS) is 15.2. The molecule has 8 heteroatoms. The number of benzene rings is 2. The number of amides is 1. The highest BCUT2D eigenvalue weighted by atomic mass is 32.2. The number of hydrogen-bond donors (Lipinski definition) is 0. The molecule has 31 heavy (non-hydrogen) atoms. The molecule has 1 heterocycles. The van der Waals surface area contributed by atoms with Gasteiger partial charge in [-0.05, 0) is 49.8 Å². The van der Waals surface area contributed by atoms with Crippen molar-refractivity contribution in [3.63, 3.8) is 0 Å². The van der Waals surface area contributed by atoms with E-state index in [0.717, 1.165) is 5.56 Å². The molecule has 0 unspecified atom stereocenters. The Kier molecular flexibility index (Phi) is 7.70. The van der Waals surface area contributed by atoms with Crippen molar-refractivity contribution in [2.45, 2.75) is 18.7 Å². The van der Waals surface area contributed by atoms with Crippen LogP contribution in [0, 0.1) is 0 Å². The minimum atomic E-state index is -3.53. The number of sulfonamides is 1. The van der Waals surface area contributed by atoms with Crippen molar-refractivity contribution in [3.05, 3.63) is 60.2 Å². The zero-order chi connectivity index (χ0) is 22.3. The first kappa shape index (κ1) is 22.8. The molecule has 1 aliphatic rings. The number of carbonyl (C=O) groups is 1. The maximum absolute atomic E-state index is 12.7. The van der Waals surface area contributed by atoms with E-state index in [1.165, 1.54) is 10.4 Å². The van der Waals surface area contributed by atoms with Crippen LogP contribution >= 0.6 is 0 Å². The molecule has 1 saturated heterocycles. The Balaban J connectivity index is 1.61. The molecule has 0 saturated carbocycles. The van der Waals surface area contributed by atoms with Crippen molar-refractivity contribution in [2.24, 2.45) is 0 Å². The molecule has 0 aliphatic carbocycles. The zero-order valence-corrected chi connectivity index (χ0v) is 18.7. The summed E-state index contributed by atoms with van der Waals surface area (Å²) in [6, 6.07) is 13.9. The maximum Gasteiger partial charge on any atom is 0.246 e. The lowest BCUT2D eigenvalue weighted by Crippen LogP contribution is -2.50. The minimum absolute atomic E-state index is 0.149. The largest absolute Gasteiger partial charge is 0.490 e. The van der Waals surface area contributed by atoms with E-state index in [1.807, 2.05) is 32.0 Å². The van der Waals surface area contributed by atoms with Gasteiger partial charge >= 0.3 is 0 Å². The van der Waals surface area contributed by atoms with Gasteiger partial charge in [0, 0.05) is 32.3 Å². The molecule has 166 valence electrons. The molecule has 0 N–H and O–H groups in total. The highest BCUT2D eigenvalue weighted by Crippen LogP contribution is 2.29. The van der Waals surface area contributed by atoms with Crippen LogP contribution in [0.5, 0.6) is 11.5 Å². The molecule has 3 rings (SSSR count). The summed E-state index contributed by atoms with van der Waals surface area (Å²) in [5.74, 6) is 1.16. The second-order valence-electron chi connectivity index (χ2n) is 6.95. The van der Waals surface area contributed by atoms with Gasteiger partial charge in [-0.25, -0.2) is 8.42 Å². The van der Waals surface area contributed by atoms with Crippen LogP contribution in [-0.2, 0) is 14.8 Å². The third-order valence-electron chi connectivity index (χ3n) is 4.92. The fourth-order valence-corrected chi connectivity index (χ4v) is 4.78. The van der Waals surface area contributed by atoms with Crippen molar-refractivity contribution in [3.8, 4) is 11.5 Å². The number of ether oxygens (including phenoxy) is 2. The van der Waals surface area contributed by atoms with Gasteiger partial charge in [-0.15, -0.1) is 0 Å². The van der Waals surface area contributed by atoms with Crippen LogP contribution in [0.15, 0.2) is 59.5 Å². The summed E-state index contributed by atoms with van der Waals surface area (Å²) in [6.07, 6.45) is 3.24. The Bertz CT molecular complexity index is 1010. The predicted octanol–water partition coefficient (Wildman–Crippen LogP) is 3.03. The van der Waals surface area contributed by atoms with E-state index >= 15 is 0 Å². The summed E-state index contributed by atoms with van der Waals surface area (Å²) in [6.45, 7) is 6.11. The second-order valence-corrected chi connectivity index (χ2v) is 8.89. The minimum Gasteiger partial charge on any atom is -0.490 e. The van der Waals surface area contributed by atoms with E-state index in [-0.39, 0.29) is 23.9 Å². The van der Waals surface area contributed by atoms with Crippen LogP contribution in [0.3, 0.4) is 0 Å². The molecule has 2 aromatic carbocycles.